The molecule has 0 saturated carbocycles. The number of pyridine rings is 1. The first kappa shape index (κ1) is 25.1. The van der Waals surface area contributed by atoms with Crippen molar-refractivity contribution in [1.82, 2.24) is 10.3 Å². The summed E-state index contributed by atoms with van der Waals surface area (Å²) in [5.41, 5.74) is 5.54. The summed E-state index contributed by atoms with van der Waals surface area (Å²) in [4.78, 5) is 16.7. The van der Waals surface area contributed by atoms with Gasteiger partial charge in [0.1, 0.15) is 12.3 Å². The number of nitrogens with zero attached hydrogens (tertiary/aromatic N) is 1. The number of alkyl carbamates (subject to hydrolysis) is 1. The number of aromatic nitrogens is 1. The van der Waals surface area contributed by atoms with Crippen LogP contribution in [0.2, 0.25) is 0 Å². The summed E-state index contributed by atoms with van der Waals surface area (Å²) in [5, 5.41) is 2.79. The smallest absolute Gasteiger partial charge is 0.449 e. The van der Waals surface area contributed by atoms with Gasteiger partial charge in [-0.2, -0.15) is 0 Å². The average molecular weight is 494 g/mol. The fourth-order valence-electron chi connectivity index (χ4n) is 4.63. The molecule has 1 saturated heterocycles. The highest BCUT2D eigenvalue weighted by atomic mass is 16.7. The predicted molar refractivity (Wildman–Crippen MR) is 145 cm³/mol. The van der Waals surface area contributed by atoms with Crippen LogP contribution in [-0.4, -0.2) is 42.5 Å². The Balaban J connectivity index is 1.08. The molecule has 7 heteroatoms. The van der Waals surface area contributed by atoms with Crippen molar-refractivity contribution in [2.75, 3.05) is 13.2 Å². The van der Waals surface area contributed by atoms with Gasteiger partial charge < -0.3 is 19.4 Å². The largest absolute Gasteiger partial charge is 0.496 e. The number of carbonyl (C=O) groups is 1. The summed E-state index contributed by atoms with van der Waals surface area (Å²) in [6.45, 7) is 8.79. The lowest BCUT2D eigenvalue weighted by atomic mass is 9.80. The summed E-state index contributed by atoms with van der Waals surface area (Å²) < 4.78 is 17.7. The summed E-state index contributed by atoms with van der Waals surface area (Å²) in [6.07, 6.45) is 1.79. The lowest BCUT2D eigenvalue weighted by molar-refractivity contribution is 0.00578. The molecule has 188 valence electrons. The standard InChI is InChI=1S/C30H31BN2O4/c1-29(2)30(3,4)37-31(36-29)21-16-17-22(33-19-21)11-9-10-18-32-28(34)35-20-27-25-14-7-5-12-23(25)24-13-6-8-15-26(24)27/h5-8,12-17,19,27H,10,18,20H2,1-4H3,(H,32,34). The van der Waals surface area contributed by atoms with E-state index in [1.165, 1.54) is 22.3 Å². The minimum absolute atomic E-state index is 0.0455. The Morgan fingerprint density at radius 1 is 0.973 bits per heavy atom. The zero-order valence-electron chi connectivity index (χ0n) is 21.7. The summed E-state index contributed by atoms with van der Waals surface area (Å²) in [7, 11) is -0.444. The van der Waals surface area contributed by atoms with Crippen LogP contribution in [0.4, 0.5) is 4.79 Å². The van der Waals surface area contributed by atoms with Crippen LogP contribution in [0.5, 0.6) is 0 Å². The molecule has 1 fully saturated rings. The second-order valence-corrected chi connectivity index (χ2v) is 10.4. The van der Waals surface area contributed by atoms with E-state index in [1.807, 2.05) is 64.1 Å². The minimum atomic E-state index is -0.444. The number of hydrogen-bond donors (Lipinski definition) is 1. The van der Waals surface area contributed by atoms with E-state index in [1.54, 1.807) is 6.20 Å². The average Bonchev–Trinajstić information content (AvgIpc) is 3.32. The number of amides is 1. The van der Waals surface area contributed by atoms with Crippen molar-refractivity contribution < 1.29 is 18.8 Å². The van der Waals surface area contributed by atoms with E-state index in [-0.39, 0.29) is 5.92 Å². The minimum Gasteiger partial charge on any atom is -0.449 e. The molecule has 0 atom stereocenters. The van der Waals surface area contributed by atoms with Crippen LogP contribution in [0.3, 0.4) is 0 Å². The monoisotopic (exact) mass is 494 g/mol. The van der Waals surface area contributed by atoms with Gasteiger partial charge in [-0.05, 0) is 61.9 Å². The van der Waals surface area contributed by atoms with Gasteiger partial charge in [-0.15, -0.1) is 0 Å². The van der Waals surface area contributed by atoms with Crippen LogP contribution in [0, 0.1) is 11.8 Å². The van der Waals surface area contributed by atoms with Crippen LogP contribution >= 0.6 is 0 Å². The maximum Gasteiger partial charge on any atom is 0.496 e. The van der Waals surface area contributed by atoms with Crippen LogP contribution in [-0.2, 0) is 14.0 Å². The fraction of sp³-hybridized carbons (Fsp3) is 0.333. The van der Waals surface area contributed by atoms with Gasteiger partial charge in [-0.1, -0.05) is 60.5 Å². The van der Waals surface area contributed by atoms with Crippen LogP contribution in [0.25, 0.3) is 11.1 Å². The van der Waals surface area contributed by atoms with Gasteiger partial charge in [0.2, 0.25) is 0 Å². The van der Waals surface area contributed by atoms with E-state index in [4.69, 9.17) is 14.0 Å². The Hall–Kier alpha value is -3.60. The predicted octanol–water partition coefficient (Wildman–Crippen LogP) is 4.66. The first-order chi connectivity index (χ1) is 17.7. The first-order valence-corrected chi connectivity index (χ1v) is 12.6. The van der Waals surface area contributed by atoms with E-state index in [0.29, 0.717) is 25.3 Å². The molecule has 1 amide bonds. The van der Waals surface area contributed by atoms with Gasteiger partial charge in [0.15, 0.2) is 0 Å². The number of nitrogens with one attached hydrogen (secondary N) is 1. The van der Waals surface area contributed by atoms with Gasteiger partial charge in [0, 0.05) is 30.5 Å². The van der Waals surface area contributed by atoms with Crippen molar-refractivity contribution in [1.29, 1.82) is 0 Å². The lowest BCUT2D eigenvalue weighted by Gasteiger charge is -2.32. The van der Waals surface area contributed by atoms with E-state index in [0.717, 1.165) is 5.46 Å². The van der Waals surface area contributed by atoms with Gasteiger partial charge in [0.25, 0.3) is 0 Å². The maximum atomic E-state index is 12.3. The second-order valence-electron chi connectivity index (χ2n) is 10.4. The molecular weight excluding hydrogens is 463 g/mol. The number of hydrogen-bond acceptors (Lipinski definition) is 5. The molecule has 1 aliphatic heterocycles. The van der Waals surface area contributed by atoms with Gasteiger partial charge in [-0.3, -0.25) is 0 Å². The Morgan fingerprint density at radius 3 is 2.19 bits per heavy atom. The number of ether oxygens (including phenoxy) is 1. The molecule has 3 aromatic rings. The third kappa shape index (κ3) is 5.13. The van der Waals surface area contributed by atoms with E-state index in [9.17, 15) is 4.79 Å². The topological polar surface area (TPSA) is 69.7 Å². The Bertz CT molecular complexity index is 1300. The van der Waals surface area contributed by atoms with Gasteiger partial charge >= 0.3 is 13.2 Å². The Labute approximate surface area is 218 Å². The molecule has 0 spiro atoms. The quantitative estimate of drug-likeness (QED) is 0.318. The van der Waals surface area contributed by atoms with Crippen molar-refractivity contribution in [3.05, 3.63) is 83.7 Å². The van der Waals surface area contributed by atoms with Crippen LogP contribution < -0.4 is 10.8 Å². The molecule has 0 bridgehead atoms. The van der Waals surface area contributed by atoms with Crippen molar-refractivity contribution in [3.8, 4) is 23.0 Å². The third-order valence-electron chi connectivity index (χ3n) is 7.39. The highest BCUT2D eigenvalue weighted by molar-refractivity contribution is 6.62. The molecule has 0 unspecified atom stereocenters. The number of carbonyl (C=O) groups excluding carboxylic acids is 1. The molecule has 1 N–H and O–H groups in total. The van der Waals surface area contributed by atoms with E-state index in [2.05, 4.69) is 46.4 Å². The number of benzene rings is 2. The molecule has 6 nitrogen and oxygen atoms in total. The summed E-state index contributed by atoms with van der Waals surface area (Å²) >= 11 is 0. The molecule has 1 aliphatic carbocycles. The van der Waals surface area contributed by atoms with Crippen molar-refractivity contribution in [2.24, 2.45) is 0 Å². The van der Waals surface area contributed by atoms with Crippen LogP contribution in [0.15, 0.2) is 66.9 Å². The highest BCUT2D eigenvalue weighted by Gasteiger charge is 2.51. The molecule has 2 aliphatic rings. The normalized spacial score (nSPS) is 16.9. The molecular formula is C30H31BN2O4. The fourth-order valence-corrected chi connectivity index (χ4v) is 4.63. The van der Waals surface area contributed by atoms with E-state index >= 15 is 0 Å². The zero-order chi connectivity index (χ0) is 26.0. The SMILES string of the molecule is CC1(C)OB(c2ccc(C#CCCNC(=O)OCC3c4ccccc4-c4ccccc43)nc2)OC1(C)C. The molecule has 2 heterocycles. The first-order valence-electron chi connectivity index (χ1n) is 12.6. The Morgan fingerprint density at radius 2 is 1.59 bits per heavy atom. The molecule has 37 heavy (non-hydrogen) atoms. The van der Waals surface area contributed by atoms with Gasteiger partial charge in [0.05, 0.1) is 11.2 Å². The molecule has 2 aromatic carbocycles. The number of fused-ring (bicyclic) bond motifs is 3. The van der Waals surface area contributed by atoms with Crippen molar-refractivity contribution in [2.45, 2.75) is 51.2 Å². The molecule has 0 radical (unpaired) electrons. The molecule has 5 rings (SSSR count). The second kappa shape index (κ2) is 10.0. The van der Waals surface area contributed by atoms with E-state index < -0.39 is 24.4 Å². The lowest BCUT2D eigenvalue weighted by Crippen LogP contribution is -2.41. The Kier molecular flexibility index (Phi) is 6.81. The summed E-state index contributed by atoms with van der Waals surface area (Å²) in [6, 6.07) is 20.3. The number of rotatable bonds is 5. The summed E-state index contributed by atoms with van der Waals surface area (Å²) in [5.74, 6) is 6.13. The van der Waals surface area contributed by atoms with Crippen molar-refractivity contribution in [3.63, 3.8) is 0 Å². The zero-order valence-corrected chi connectivity index (χ0v) is 21.7. The van der Waals surface area contributed by atoms with Crippen molar-refractivity contribution >= 4 is 18.7 Å². The molecule has 1 aromatic heterocycles. The maximum absolute atomic E-state index is 12.3. The van der Waals surface area contributed by atoms with Gasteiger partial charge in [-0.25, -0.2) is 9.78 Å². The third-order valence-corrected chi connectivity index (χ3v) is 7.39. The van der Waals surface area contributed by atoms with Crippen LogP contribution in [0.1, 0.15) is 56.9 Å². The highest BCUT2D eigenvalue weighted by Crippen LogP contribution is 2.44.